The maximum absolute atomic E-state index is 10.6. The lowest BCUT2D eigenvalue weighted by molar-refractivity contribution is -0.120. The standard InChI is InChI=1S/C7H14BNO/c1-3-4-5-7(2,8)6(9)10/h3-5H2,1-2H3,(H2,9,10). The fraction of sp³-hybridized carbons (Fsp3) is 0.857. The highest BCUT2D eigenvalue weighted by Gasteiger charge is 2.22. The third-order valence-electron chi connectivity index (χ3n) is 1.61. The van der Waals surface area contributed by atoms with Crippen LogP contribution in [0.25, 0.3) is 0 Å². The van der Waals surface area contributed by atoms with Crippen molar-refractivity contribution in [1.29, 1.82) is 0 Å². The van der Waals surface area contributed by atoms with Crippen LogP contribution in [0.5, 0.6) is 0 Å². The third kappa shape index (κ3) is 2.90. The molecule has 10 heavy (non-hydrogen) atoms. The van der Waals surface area contributed by atoms with Crippen molar-refractivity contribution >= 4 is 13.8 Å². The zero-order valence-corrected chi connectivity index (χ0v) is 6.68. The fourth-order valence-corrected chi connectivity index (χ4v) is 0.667. The maximum atomic E-state index is 10.6. The van der Waals surface area contributed by atoms with Crippen LogP contribution in [0.2, 0.25) is 5.31 Å². The summed E-state index contributed by atoms with van der Waals surface area (Å²) < 4.78 is 0. The van der Waals surface area contributed by atoms with Gasteiger partial charge in [-0.2, -0.15) is 0 Å². The maximum Gasteiger partial charge on any atom is 0.214 e. The summed E-state index contributed by atoms with van der Waals surface area (Å²) in [6.07, 6.45) is 2.68. The van der Waals surface area contributed by atoms with Gasteiger partial charge in [-0.15, -0.1) is 0 Å². The lowest BCUT2D eigenvalue weighted by Gasteiger charge is -2.19. The highest BCUT2D eigenvalue weighted by atomic mass is 16.1. The SMILES string of the molecule is [B]C(C)(CCCC)C(N)=O. The van der Waals surface area contributed by atoms with Crippen LogP contribution in [-0.2, 0) is 4.79 Å². The molecule has 0 aliphatic heterocycles. The minimum Gasteiger partial charge on any atom is -0.370 e. The Balaban J connectivity index is 3.75. The Hall–Kier alpha value is -0.465. The number of amides is 1. The lowest BCUT2D eigenvalue weighted by atomic mass is 9.67. The molecule has 3 heteroatoms. The second-order valence-corrected chi connectivity index (χ2v) is 2.89. The topological polar surface area (TPSA) is 43.1 Å². The van der Waals surface area contributed by atoms with E-state index in [-0.39, 0.29) is 0 Å². The van der Waals surface area contributed by atoms with Gasteiger partial charge in [0.2, 0.25) is 5.91 Å². The zero-order valence-electron chi connectivity index (χ0n) is 6.68. The summed E-state index contributed by atoms with van der Waals surface area (Å²) in [5, 5.41) is -0.810. The molecule has 2 nitrogen and oxygen atoms in total. The molecule has 1 unspecified atom stereocenters. The molecule has 1 amide bonds. The molecule has 0 fully saturated rings. The molecule has 2 radical (unpaired) electrons. The quantitative estimate of drug-likeness (QED) is 0.580. The first kappa shape index (κ1) is 9.53. The molecule has 0 heterocycles. The van der Waals surface area contributed by atoms with Crippen LogP contribution in [0.1, 0.15) is 33.1 Å². The predicted molar refractivity (Wildman–Crippen MR) is 42.8 cm³/mol. The predicted octanol–water partition coefficient (Wildman–Crippen LogP) is 1.01. The molecule has 2 N–H and O–H groups in total. The molecule has 0 saturated heterocycles. The molecule has 0 aliphatic carbocycles. The summed E-state index contributed by atoms with van der Waals surface area (Å²) in [6, 6.07) is 0. The van der Waals surface area contributed by atoms with Gasteiger partial charge in [0.25, 0.3) is 0 Å². The summed E-state index contributed by atoms with van der Waals surface area (Å²) in [6.45, 7) is 3.72. The normalized spacial score (nSPS) is 16.2. The van der Waals surface area contributed by atoms with E-state index in [1.54, 1.807) is 6.92 Å². The number of nitrogens with two attached hydrogens (primary N) is 1. The first-order chi connectivity index (χ1) is 4.50. The Labute approximate surface area is 63.6 Å². The van der Waals surface area contributed by atoms with Crippen LogP contribution in [0.3, 0.4) is 0 Å². The average Bonchev–Trinajstić information content (AvgIpc) is 1.84. The average molecular weight is 139 g/mol. The van der Waals surface area contributed by atoms with Gasteiger partial charge < -0.3 is 5.73 Å². The summed E-state index contributed by atoms with van der Waals surface area (Å²) >= 11 is 0. The van der Waals surface area contributed by atoms with E-state index < -0.39 is 11.2 Å². The number of carbonyl (C=O) groups excluding carboxylic acids is 1. The second-order valence-electron chi connectivity index (χ2n) is 2.89. The molecule has 56 valence electrons. The Bertz CT molecular complexity index is 123. The molecule has 0 rings (SSSR count). The van der Waals surface area contributed by atoms with Gasteiger partial charge in [-0.05, 0) is 6.42 Å². The van der Waals surface area contributed by atoms with E-state index in [4.69, 9.17) is 13.6 Å². The van der Waals surface area contributed by atoms with E-state index in [9.17, 15) is 4.79 Å². The van der Waals surface area contributed by atoms with Crippen LogP contribution in [0, 0.1) is 0 Å². The van der Waals surface area contributed by atoms with Crippen molar-refractivity contribution in [3.63, 3.8) is 0 Å². The largest absolute Gasteiger partial charge is 0.370 e. The van der Waals surface area contributed by atoms with Gasteiger partial charge in [-0.3, -0.25) is 4.79 Å². The minimum absolute atomic E-state index is 0.416. The summed E-state index contributed by atoms with van der Waals surface area (Å²) in [4.78, 5) is 10.6. The molecule has 0 aliphatic rings. The molecule has 0 aromatic rings. The van der Waals surface area contributed by atoms with Crippen molar-refractivity contribution < 1.29 is 4.79 Å². The fourth-order valence-electron chi connectivity index (χ4n) is 0.667. The number of carbonyl (C=O) groups is 1. The molecular weight excluding hydrogens is 125 g/mol. The van der Waals surface area contributed by atoms with Crippen LogP contribution < -0.4 is 5.73 Å². The molecule has 0 spiro atoms. The summed E-state index contributed by atoms with van der Waals surface area (Å²) in [7, 11) is 5.57. The van der Waals surface area contributed by atoms with Crippen LogP contribution >= 0.6 is 0 Å². The van der Waals surface area contributed by atoms with Crippen LogP contribution in [-0.4, -0.2) is 13.8 Å². The number of hydrogen-bond donors (Lipinski definition) is 1. The van der Waals surface area contributed by atoms with Gasteiger partial charge in [0.15, 0.2) is 0 Å². The first-order valence-electron chi connectivity index (χ1n) is 3.59. The summed E-state index contributed by atoms with van der Waals surface area (Å²) in [5.41, 5.74) is 5.05. The molecule has 0 bridgehead atoms. The van der Waals surface area contributed by atoms with Crippen molar-refractivity contribution in [2.45, 2.75) is 38.4 Å². The number of hydrogen-bond acceptors (Lipinski definition) is 1. The van der Waals surface area contributed by atoms with Gasteiger partial charge in [0.05, 0.1) is 7.85 Å². The first-order valence-corrected chi connectivity index (χ1v) is 3.59. The minimum atomic E-state index is -0.810. The highest BCUT2D eigenvalue weighted by molar-refractivity contribution is 6.27. The van der Waals surface area contributed by atoms with Crippen molar-refractivity contribution in [2.75, 3.05) is 0 Å². The molecule has 0 aromatic heterocycles. The Morgan fingerprint density at radius 1 is 1.70 bits per heavy atom. The molecule has 1 atom stereocenters. The van der Waals surface area contributed by atoms with Gasteiger partial charge in [0, 0.05) is 5.31 Å². The lowest BCUT2D eigenvalue weighted by Crippen LogP contribution is -2.28. The van der Waals surface area contributed by atoms with E-state index >= 15 is 0 Å². The molecule has 0 aromatic carbocycles. The van der Waals surface area contributed by atoms with Gasteiger partial charge in [0.1, 0.15) is 0 Å². The number of rotatable bonds is 4. The van der Waals surface area contributed by atoms with Gasteiger partial charge in [-0.1, -0.05) is 26.7 Å². The van der Waals surface area contributed by atoms with E-state index in [1.807, 2.05) is 0 Å². The van der Waals surface area contributed by atoms with Crippen molar-refractivity contribution in [3.8, 4) is 0 Å². The van der Waals surface area contributed by atoms with E-state index in [0.29, 0.717) is 6.42 Å². The number of unbranched alkanes of at least 4 members (excludes halogenated alkanes) is 1. The van der Waals surface area contributed by atoms with Crippen molar-refractivity contribution in [3.05, 3.63) is 0 Å². The summed E-state index contributed by atoms with van der Waals surface area (Å²) in [5.74, 6) is -0.416. The Morgan fingerprint density at radius 3 is 2.50 bits per heavy atom. The third-order valence-corrected chi connectivity index (χ3v) is 1.61. The van der Waals surface area contributed by atoms with Crippen molar-refractivity contribution in [2.24, 2.45) is 5.73 Å². The van der Waals surface area contributed by atoms with Crippen LogP contribution in [0.15, 0.2) is 0 Å². The van der Waals surface area contributed by atoms with Crippen molar-refractivity contribution in [1.82, 2.24) is 0 Å². The molecule has 0 saturated carbocycles. The van der Waals surface area contributed by atoms with E-state index in [1.165, 1.54) is 0 Å². The zero-order chi connectivity index (χ0) is 8.20. The molecular formula is C7H14BNO. The Kier molecular flexibility index (Phi) is 3.47. The highest BCUT2D eigenvalue weighted by Crippen LogP contribution is 2.26. The number of primary amides is 1. The van der Waals surface area contributed by atoms with E-state index in [2.05, 4.69) is 6.92 Å². The van der Waals surface area contributed by atoms with E-state index in [0.717, 1.165) is 12.8 Å². The Morgan fingerprint density at radius 2 is 2.20 bits per heavy atom. The monoisotopic (exact) mass is 139 g/mol. The smallest absolute Gasteiger partial charge is 0.214 e. The van der Waals surface area contributed by atoms with Crippen LogP contribution in [0.4, 0.5) is 0 Å². The van der Waals surface area contributed by atoms with Gasteiger partial charge in [-0.25, -0.2) is 0 Å². The van der Waals surface area contributed by atoms with Gasteiger partial charge >= 0.3 is 0 Å². The second kappa shape index (κ2) is 3.64.